The van der Waals surface area contributed by atoms with Gasteiger partial charge in [0.25, 0.3) is 11.6 Å². The van der Waals surface area contributed by atoms with Gasteiger partial charge in [0, 0.05) is 16.0 Å². The average molecular weight is 399 g/mol. The first kappa shape index (κ1) is 19.7. The Bertz CT molecular complexity index is 878. The summed E-state index contributed by atoms with van der Waals surface area (Å²) in [7, 11) is 0. The van der Waals surface area contributed by atoms with Gasteiger partial charge in [-0.1, -0.05) is 11.6 Å². The maximum Gasteiger partial charge on any atom is 0.345 e. The molecule has 0 aliphatic heterocycles. The van der Waals surface area contributed by atoms with Gasteiger partial charge in [-0.3, -0.25) is 14.9 Å². The molecule has 0 aromatic heterocycles. The third-order valence-electron chi connectivity index (χ3n) is 3.16. The van der Waals surface area contributed by atoms with Crippen LogP contribution in [0.25, 0.3) is 0 Å². The van der Waals surface area contributed by atoms with E-state index in [9.17, 15) is 24.1 Å². The second-order valence-corrected chi connectivity index (χ2v) is 6.20. The van der Waals surface area contributed by atoms with Crippen molar-refractivity contribution >= 4 is 46.6 Å². The predicted molar refractivity (Wildman–Crippen MR) is 95.2 cm³/mol. The Morgan fingerprint density at radius 3 is 2.69 bits per heavy atom. The molecular formula is C16H12ClFN2O5S. The van der Waals surface area contributed by atoms with Crippen molar-refractivity contribution in [2.45, 2.75) is 4.90 Å². The van der Waals surface area contributed by atoms with Gasteiger partial charge < -0.3 is 10.1 Å². The normalized spacial score (nSPS) is 10.3. The molecule has 2 aromatic carbocycles. The van der Waals surface area contributed by atoms with Crippen LogP contribution in [-0.2, 0) is 9.53 Å². The number of halogens is 2. The van der Waals surface area contributed by atoms with Gasteiger partial charge >= 0.3 is 5.97 Å². The van der Waals surface area contributed by atoms with Crippen LogP contribution < -0.4 is 5.32 Å². The molecule has 0 atom stereocenters. The standard InChI is InChI=1S/C16H12ClFN2O5S/c1-26-10-3-5-14(20(23)24)11(7-10)16(22)25-8-15(21)19-13-6-9(17)2-4-12(13)18/h2-7H,8H2,1H3,(H,19,21). The number of nitrogens with one attached hydrogen (secondary N) is 1. The Morgan fingerprint density at radius 2 is 2.04 bits per heavy atom. The van der Waals surface area contributed by atoms with Crippen molar-refractivity contribution in [2.75, 3.05) is 18.2 Å². The maximum atomic E-state index is 13.6. The summed E-state index contributed by atoms with van der Waals surface area (Å²) >= 11 is 7.00. The lowest BCUT2D eigenvalue weighted by Crippen LogP contribution is -2.21. The van der Waals surface area contributed by atoms with Crippen LogP contribution in [0.5, 0.6) is 0 Å². The van der Waals surface area contributed by atoms with Gasteiger partial charge in [-0.05, 0) is 36.6 Å². The molecule has 0 heterocycles. The summed E-state index contributed by atoms with van der Waals surface area (Å²) in [5.41, 5.74) is -0.883. The first-order chi connectivity index (χ1) is 12.3. The molecule has 0 fully saturated rings. The van der Waals surface area contributed by atoms with Crippen LogP contribution >= 0.6 is 23.4 Å². The third kappa shape index (κ3) is 4.93. The fourth-order valence-electron chi connectivity index (χ4n) is 1.95. The summed E-state index contributed by atoms with van der Waals surface area (Å²) in [6, 6.07) is 7.56. The highest BCUT2D eigenvalue weighted by Crippen LogP contribution is 2.25. The van der Waals surface area contributed by atoms with E-state index in [-0.39, 0.29) is 16.3 Å². The van der Waals surface area contributed by atoms with E-state index in [1.165, 1.54) is 42.1 Å². The molecule has 2 rings (SSSR count). The van der Waals surface area contributed by atoms with Gasteiger partial charge in [0.1, 0.15) is 11.4 Å². The first-order valence-corrected chi connectivity index (χ1v) is 8.66. The van der Waals surface area contributed by atoms with Crippen molar-refractivity contribution in [3.63, 3.8) is 0 Å². The summed E-state index contributed by atoms with van der Waals surface area (Å²) < 4.78 is 18.4. The molecule has 0 unspecified atom stereocenters. The first-order valence-electron chi connectivity index (χ1n) is 7.06. The van der Waals surface area contributed by atoms with Gasteiger partial charge in [-0.2, -0.15) is 0 Å². The van der Waals surface area contributed by atoms with Gasteiger partial charge in [0.15, 0.2) is 6.61 Å². The molecule has 2 aromatic rings. The van der Waals surface area contributed by atoms with E-state index < -0.39 is 34.9 Å². The fourth-order valence-corrected chi connectivity index (χ4v) is 2.57. The molecule has 1 N–H and O–H groups in total. The second kappa shape index (κ2) is 8.63. The topological polar surface area (TPSA) is 98.5 Å². The molecule has 0 aliphatic rings. The summed E-state index contributed by atoms with van der Waals surface area (Å²) in [5.74, 6) is -2.56. The van der Waals surface area contributed by atoms with E-state index in [1.54, 1.807) is 6.26 Å². The van der Waals surface area contributed by atoms with E-state index in [4.69, 9.17) is 16.3 Å². The lowest BCUT2D eigenvalue weighted by atomic mass is 10.2. The Kier molecular flexibility index (Phi) is 6.53. The molecular weight excluding hydrogens is 387 g/mol. The molecule has 0 bridgehead atoms. The van der Waals surface area contributed by atoms with Crippen LogP contribution in [0.15, 0.2) is 41.3 Å². The number of nitro groups is 1. The number of nitro benzene ring substituents is 1. The van der Waals surface area contributed by atoms with E-state index in [0.717, 1.165) is 6.07 Å². The summed E-state index contributed by atoms with van der Waals surface area (Å²) in [5, 5.41) is 13.4. The minimum absolute atomic E-state index is 0.172. The molecule has 0 radical (unpaired) electrons. The summed E-state index contributed by atoms with van der Waals surface area (Å²) in [6.07, 6.45) is 1.74. The van der Waals surface area contributed by atoms with Crippen molar-refractivity contribution in [1.29, 1.82) is 0 Å². The minimum atomic E-state index is -1.03. The predicted octanol–water partition coefficient (Wildman–Crippen LogP) is 3.90. The highest BCUT2D eigenvalue weighted by molar-refractivity contribution is 7.98. The minimum Gasteiger partial charge on any atom is -0.452 e. The molecule has 0 saturated heterocycles. The van der Waals surface area contributed by atoms with Gasteiger partial charge in [-0.15, -0.1) is 11.8 Å². The Morgan fingerprint density at radius 1 is 1.31 bits per heavy atom. The quantitative estimate of drug-likeness (QED) is 0.343. The zero-order valence-electron chi connectivity index (χ0n) is 13.3. The molecule has 0 aliphatic carbocycles. The van der Waals surface area contributed by atoms with E-state index in [2.05, 4.69) is 5.32 Å². The number of nitrogens with zero attached hydrogens (tertiary/aromatic N) is 1. The molecule has 26 heavy (non-hydrogen) atoms. The molecule has 1 amide bonds. The number of carbonyl (C=O) groups excluding carboxylic acids is 2. The van der Waals surface area contributed by atoms with E-state index >= 15 is 0 Å². The number of hydrogen-bond donors (Lipinski definition) is 1. The summed E-state index contributed by atoms with van der Waals surface area (Å²) in [6.45, 7) is -0.745. The van der Waals surface area contributed by atoms with Crippen molar-refractivity contribution < 1.29 is 23.6 Å². The molecule has 0 spiro atoms. The smallest absolute Gasteiger partial charge is 0.345 e. The second-order valence-electron chi connectivity index (χ2n) is 4.89. The van der Waals surface area contributed by atoms with Crippen LogP contribution in [0.3, 0.4) is 0 Å². The van der Waals surface area contributed by atoms with Gasteiger partial charge in [-0.25, -0.2) is 9.18 Å². The Balaban J connectivity index is 2.07. The van der Waals surface area contributed by atoms with Crippen LogP contribution in [0.2, 0.25) is 5.02 Å². The molecule has 0 saturated carbocycles. The Labute approximate surface area is 156 Å². The largest absolute Gasteiger partial charge is 0.452 e. The highest BCUT2D eigenvalue weighted by atomic mass is 35.5. The van der Waals surface area contributed by atoms with Crippen molar-refractivity contribution in [3.05, 3.63) is 62.9 Å². The third-order valence-corrected chi connectivity index (χ3v) is 4.12. The number of esters is 1. The fraction of sp³-hybridized carbons (Fsp3) is 0.125. The maximum absolute atomic E-state index is 13.6. The number of benzene rings is 2. The van der Waals surface area contributed by atoms with Crippen molar-refractivity contribution in [2.24, 2.45) is 0 Å². The van der Waals surface area contributed by atoms with E-state index in [0.29, 0.717) is 4.90 Å². The molecule has 10 heteroatoms. The van der Waals surface area contributed by atoms with Crippen LogP contribution in [0.1, 0.15) is 10.4 Å². The van der Waals surface area contributed by atoms with E-state index in [1.807, 2.05) is 0 Å². The average Bonchev–Trinajstić information content (AvgIpc) is 2.62. The lowest BCUT2D eigenvalue weighted by molar-refractivity contribution is -0.385. The SMILES string of the molecule is CSc1ccc([N+](=O)[O-])c(C(=O)OCC(=O)Nc2cc(Cl)ccc2F)c1. The zero-order valence-corrected chi connectivity index (χ0v) is 14.9. The lowest BCUT2D eigenvalue weighted by Gasteiger charge is -2.08. The zero-order chi connectivity index (χ0) is 19.3. The summed E-state index contributed by atoms with van der Waals surface area (Å²) in [4.78, 5) is 34.9. The number of rotatable bonds is 6. The van der Waals surface area contributed by atoms with Crippen LogP contribution in [-0.4, -0.2) is 29.7 Å². The van der Waals surface area contributed by atoms with Gasteiger partial charge in [0.05, 0.1) is 10.6 Å². The molecule has 7 nitrogen and oxygen atoms in total. The Hall–Kier alpha value is -2.65. The number of hydrogen-bond acceptors (Lipinski definition) is 6. The highest BCUT2D eigenvalue weighted by Gasteiger charge is 2.23. The molecule has 136 valence electrons. The van der Waals surface area contributed by atoms with Crippen molar-refractivity contribution in [3.8, 4) is 0 Å². The number of amides is 1. The van der Waals surface area contributed by atoms with Crippen LogP contribution in [0, 0.1) is 15.9 Å². The number of ether oxygens (including phenoxy) is 1. The van der Waals surface area contributed by atoms with Crippen LogP contribution in [0.4, 0.5) is 15.8 Å². The van der Waals surface area contributed by atoms with Gasteiger partial charge in [0.2, 0.25) is 0 Å². The van der Waals surface area contributed by atoms with Crippen molar-refractivity contribution in [1.82, 2.24) is 0 Å². The number of carbonyl (C=O) groups is 2. The number of thioether (sulfide) groups is 1. The monoisotopic (exact) mass is 398 g/mol. The number of anilines is 1.